The molecule has 9 heteroatoms. The van der Waals surface area contributed by atoms with Gasteiger partial charge in [0.1, 0.15) is 5.82 Å². The summed E-state index contributed by atoms with van der Waals surface area (Å²) in [5.74, 6) is -2.04. The van der Waals surface area contributed by atoms with Gasteiger partial charge in [0, 0.05) is 24.4 Å². The fraction of sp³-hybridized carbons (Fsp3) is 0.143. The van der Waals surface area contributed by atoms with E-state index in [9.17, 15) is 29.2 Å². The van der Waals surface area contributed by atoms with Crippen molar-refractivity contribution in [3.05, 3.63) is 97.7 Å². The molecule has 0 aliphatic heterocycles. The maximum Gasteiger partial charge on any atom is 0.352 e. The molecule has 1 heterocycles. The Morgan fingerprint density at radius 3 is 2.50 bits per heavy atom. The summed E-state index contributed by atoms with van der Waals surface area (Å²) in [6.07, 6.45) is 1.75. The minimum Gasteiger partial charge on any atom is -0.501 e. The molecule has 1 N–H and O–H groups in total. The Morgan fingerprint density at radius 2 is 1.87 bits per heavy atom. The number of phenols is 1. The van der Waals surface area contributed by atoms with Crippen LogP contribution in [0.4, 0.5) is 10.1 Å². The van der Waals surface area contributed by atoms with Crippen molar-refractivity contribution >= 4 is 11.5 Å². The van der Waals surface area contributed by atoms with E-state index in [1.54, 1.807) is 12.1 Å². The molecule has 0 fully saturated rings. The maximum absolute atomic E-state index is 13.0. The number of nitrogens with zero attached hydrogens (tertiary/aromatic N) is 2. The van der Waals surface area contributed by atoms with Crippen LogP contribution in [0, 0.1) is 15.9 Å². The Hall–Kier alpha value is -4.01. The molecule has 3 rings (SSSR count). The van der Waals surface area contributed by atoms with Crippen molar-refractivity contribution in [3.63, 3.8) is 0 Å². The molecule has 0 aliphatic carbocycles. The third-order valence-corrected chi connectivity index (χ3v) is 4.56. The van der Waals surface area contributed by atoms with Gasteiger partial charge < -0.3 is 14.4 Å². The van der Waals surface area contributed by atoms with Crippen LogP contribution in [0.15, 0.2) is 59.5 Å². The van der Waals surface area contributed by atoms with Gasteiger partial charge in [-0.1, -0.05) is 12.1 Å². The molecule has 8 nitrogen and oxygen atoms in total. The number of nitro benzene ring substituents is 1. The van der Waals surface area contributed by atoms with Crippen molar-refractivity contribution in [3.8, 4) is 11.5 Å². The topological polar surface area (TPSA) is 112 Å². The molecule has 0 spiro atoms. The van der Waals surface area contributed by atoms with Crippen LogP contribution < -0.4 is 10.3 Å². The number of benzene rings is 2. The zero-order valence-corrected chi connectivity index (χ0v) is 15.9. The van der Waals surface area contributed by atoms with Crippen LogP contribution in [0.1, 0.15) is 21.5 Å². The van der Waals surface area contributed by atoms with Gasteiger partial charge in [0.05, 0.1) is 17.6 Å². The predicted molar refractivity (Wildman–Crippen MR) is 106 cm³/mol. The number of carbonyl (C=O) groups excluding carboxylic acids is 1. The lowest BCUT2D eigenvalue weighted by Gasteiger charge is -2.10. The molecule has 0 unspecified atom stereocenters. The lowest BCUT2D eigenvalue weighted by Crippen LogP contribution is -2.21. The summed E-state index contributed by atoms with van der Waals surface area (Å²) >= 11 is 0. The fourth-order valence-corrected chi connectivity index (χ4v) is 2.98. The van der Waals surface area contributed by atoms with Gasteiger partial charge in [-0.3, -0.25) is 19.7 Å². The molecule has 154 valence electrons. The van der Waals surface area contributed by atoms with E-state index in [0.717, 1.165) is 5.56 Å². The van der Waals surface area contributed by atoms with Crippen molar-refractivity contribution in [2.45, 2.75) is 13.0 Å². The smallest absolute Gasteiger partial charge is 0.352 e. The van der Waals surface area contributed by atoms with Crippen molar-refractivity contribution in [1.29, 1.82) is 0 Å². The average molecular weight is 412 g/mol. The Morgan fingerprint density at radius 1 is 1.17 bits per heavy atom. The minimum absolute atomic E-state index is 0.0727. The second-order valence-corrected chi connectivity index (χ2v) is 6.42. The van der Waals surface area contributed by atoms with Gasteiger partial charge in [-0.15, -0.1) is 0 Å². The van der Waals surface area contributed by atoms with E-state index >= 15 is 0 Å². The Labute approximate surface area is 169 Å². The second kappa shape index (κ2) is 8.56. The molecule has 0 saturated heterocycles. The van der Waals surface area contributed by atoms with Crippen LogP contribution in [0.2, 0.25) is 0 Å². The summed E-state index contributed by atoms with van der Waals surface area (Å²) in [6, 6.07) is 10.8. The number of nitro groups is 1. The molecule has 30 heavy (non-hydrogen) atoms. The third-order valence-electron chi connectivity index (χ3n) is 4.56. The van der Waals surface area contributed by atoms with Crippen LogP contribution in [0.25, 0.3) is 0 Å². The third kappa shape index (κ3) is 4.19. The molecule has 0 bridgehead atoms. The average Bonchev–Trinajstić information content (AvgIpc) is 2.73. The number of methoxy groups -OCH3 is 1. The van der Waals surface area contributed by atoms with Crippen LogP contribution in [-0.4, -0.2) is 27.5 Å². The first-order chi connectivity index (χ1) is 14.3. The van der Waals surface area contributed by atoms with Gasteiger partial charge in [0.15, 0.2) is 5.78 Å². The highest BCUT2D eigenvalue weighted by Crippen LogP contribution is 2.39. The molecule has 0 saturated carbocycles. The zero-order valence-electron chi connectivity index (χ0n) is 15.9. The number of aromatic nitrogens is 1. The molecular formula is C21H17FN2O6. The van der Waals surface area contributed by atoms with E-state index in [1.807, 2.05) is 0 Å². The molecule has 3 aromatic rings. The van der Waals surface area contributed by atoms with Gasteiger partial charge in [-0.2, -0.15) is 0 Å². The van der Waals surface area contributed by atoms with Gasteiger partial charge >= 0.3 is 5.69 Å². The van der Waals surface area contributed by atoms with Crippen LogP contribution in [0.3, 0.4) is 0 Å². The maximum atomic E-state index is 13.0. The summed E-state index contributed by atoms with van der Waals surface area (Å²) in [4.78, 5) is 35.4. The van der Waals surface area contributed by atoms with Gasteiger partial charge in [0.2, 0.25) is 11.5 Å². The number of aromatic hydroxyl groups is 1. The molecular weight excluding hydrogens is 395 g/mol. The largest absolute Gasteiger partial charge is 0.501 e. The van der Waals surface area contributed by atoms with Crippen LogP contribution in [-0.2, 0) is 13.0 Å². The quantitative estimate of drug-likeness (QED) is 0.363. The van der Waals surface area contributed by atoms with Crippen LogP contribution >= 0.6 is 0 Å². The van der Waals surface area contributed by atoms with Crippen molar-refractivity contribution in [2.75, 3.05) is 7.11 Å². The Kier molecular flexibility index (Phi) is 5.91. The highest BCUT2D eigenvalue weighted by molar-refractivity contribution is 6.11. The van der Waals surface area contributed by atoms with Crippen LogP contribution in [0.5, 0.6) is 11.5 Å². The number of ether oxygens (including phenoxy) is 1. The van der Waals surface area contributed by atoms with Gasteiger partial charge in [0.25, 0.3) is 5.56 Å². The SMILES string of the molecule is COc1ccc(C(=O)c2ccc(=O)n(CCc3ccc(F)cc3)c2)c(O)c1[N+](=O)[O-]. The first kappa shape index (κ1) is 20.7. The van der Waals surface area contributed by atoms with E-state index in [1.165, 1.54) is 54.3 Å². The standard InChI is InChI=1S/C21H17FN2O6/c1-30-17-8-7-16(21(27)19(17)24(28)29)20(26)14-4-9-18(25)23(12-14)11-10-13-2-5-15(22)6-3-13/h2-9,12,27H,10-11H2,1H3. The molecule has 0 amide bonds. The normalized spacial score (nSPS) is 10.6. The number of ketones is 1. The van der Waals surface area contributed by atoms with Gasteiger partial charge in [-0.25, -0.2) is 4.39 Å². The first-order valence-corrected chi connectivity index (χ1v) is 8.85. The molecule has 0 atom stereocenters. The monoisotopic (exact) mass is 412 g/mol. The van der Waals surface area contributed by atoms with E-state index in [-0.39, 0.29) is 34.8 Å². The van der Waals surface area contributed by atoms with E-state index < -0.39 is 22.1 Å². The summed E-state index contributed by atoms with van der Waals surface area (Å²) in [5, 5.41) is 21.5. The molecule has 2 aromatic carbocycles. The van der Waals surface area contributed by atoms with Crippen molar-refractivity contribution in [1.82, 2.24) is 4.57 Å². The predicted octanol–water partition coefficient (Wildman–Crippen LogP) is 3.08. The van der Waals surface area contributed by atoms with Crippen molar-refractivity contribution in [2.24, 2.45) is 0 Å². The number of hydrogen-bond acceptors (Lipinski definition) is 6. The number of halogens is 1. The number of phenolic OH excluding ortho intramolecular Hbond substituents is 1. The highest BCUT2D eigenvalue weighted by Gasteiger charge is 2.27. The van der Waals surface area contributed by atoms with E-state index in [4.69, 9.17) is 4.74 Å². The Balaban J connectivity index is 1.91. The summed E-state index contributed by atoms with van der Waals surface area (Å²) in [7, 11) is 1.21. The number of aryl methyl sites for hydroxylation is 2. The number of carbonyl (C=O) groups is 1. The molecule has 0 radical (unpaired) electrons. The molecule has 1 aromatic heterocycles. The fourth-order valence-electron chi connectivity index (χ4n) is 2.98. The van der Waals surface area contributed by atoms with Crippen molar-refractivity contribution < 1.29 is 24.0 Å². The second-order valence-electron chi connectivity index (χ2n) is 6.42. The summed E-state index contributed by atoms with van der Waals surface area (Å²) in [5.41, 5.74) is -0.468. The van der Waals surface area contributed by atoms with E-state index in [2.05, 4.69) is 0 Å². The first-order valence-electron chi connectivity index (χ1n) is 8.85. The number of hydrogen-bond donors (Lipinski definition) is 1. The lowest BCUT2D eigenvalue weighted by atomic mass is 10.0. The Bertz CT molecular complexity index is 1170. The number of pyridine rings is 1. The summed E-state index contributed by atoms with van der Waals surface area (Å²) < 4.78 is 19.2. The molecule has 0 aliphatic rings. The zero-order chi connectivity index (χ0) is 21.8. The lowest BCUT2D eigenvalue weighted by molar-refractivity contribution is -0.386. The highest BCUT2D eigenvalue weighted by atomic mass is 19.1. The van der Waals surface area contributed by atoms with E-state index in [0.29, 0.717) is 6.42 Å². The van der Waals surface area contributed by atoms with Gasteiger partial charge in [-0.05, 0) is 42.3 Å². The minimum atomic E-state index is -0.839. The number of rotatable bonds is 7. The summed E-state index contributed by atoms with van der Waals surface area (Å²) in [6.45, 7) is 0.236.